The summed E-state index contributed by atoms with van der Waals surface area (Å²) >= 11 is 3.42. The molecule has 2 rings (SSSR count). The second-order valence-corrected chi connectivity index (χ2v) is 5.91. The lowest BCUT2D eigenvalue weighted by Crippen LogP contribution is -2.47. The first-order valence-electron chi connectivity index (χ1n) is 6.60. The average Bonchev–Trinajstić information content (AvgIpc) is 2.43. The number of aliphatic hydroxyl groups is 1. The van der Waals surface area contributed by atoms with Crippen molar-refractivity contribution in [3.8, 4) is 0 Å². The Morgan fingerprint density at radius 3 is 2.85 bits per heavy atom. The number of rotatable bonds is 3. The third-order valence-electron chi connectivity index (χ3n) is 3.52. The highest BCUT2D eigenvalue weighted by atomic mass is 79.9. The molecule has 110 valence electrons. The largest absolute Gasteiger partial charge is 0.388 e. The summed E-state index contributed by atoms with van der Waals surface area (Å²) in [6.07, 6.45) is 1.09. The van der Waals surface area contributed by atoms with Crippen molar-refractivity contribution in [3.05, 3.63) is 28.2 Å². The number of urea groups is 1. The summed E-state index contributed by atoms with van der Waals surface area (Å²) in [4.78, 5) is 11.9. The van der Waals surface area contributed by atoms with Crippen LogP contribution >= 0.6 is 15.9 Å². The van der Waals surface area contributed by atoms with Crippen LogP contribution in [-0.2, 0) is 4.74 Å². The Hall–Kier alpha value is -1.11. The zero-order chi connectivity index (χ0) is 14.6. The van der Waals surface area contributed by atoms with Crippen LogP contribution in [-0.4, -0.2) is 36.5 Å². The van der Waals surface area contributed by atoms with Crippen LogP contribution in [0.2, 0.25) is 0 Å². The Morgan fingerprint density at radius 1 is 1.45 bits per heavy atom. The molecule has 1 aromatic carbocycles. The van der Waals surface area contributed by atoms with Crippen LogP contribution in [0.5, 0.6) is 0 Å². The highest BCUT2D eigenvalue weighted by Crippen LogP contribution is 2.23. The lowest BCUT2D eigenvalue weighted by Gasteiger charge is -2.32. The summed E-state index contributed by atoms with van der Waals surface area (Å²) in [5.41, 5.74) is 0.852. The highest BCUT2D eigenvalue weighted by Gasteiger charge is 2.30. The van der Waals surface area contributed by atoms with Gasteiger partial charge in [-0.3, -0.25) is 0 Å². The molecule has 1 saturated heterocycles. The number of anilines is 1. The van der Waals surface area contributed by atoms with Gasteiger partial charge in [-0.2, -0.15) is 0 Å². The third-order valence-corrected chi connectivity index (χ3v) is 4.38. The Kier molecular flexibility index (Phi) is 5.01. The molecule has 0 saturated carbocycles. The van der Waals surface area contributed by atoms with E-state index < -0.39 is 5.60 Å². The second kappa shape index (κ2) is 6.56. The SMILES string of the molecule is Cc1c(Br)cccc1NC(=O)NCC1(O)CCOCC1. The summed E-state index contributed by atoms with van der Waals surface area (Å²) < 4.78 is 6.15. The van der Waals surface area contributed by atoms with Crippen LogP contribution in [0.4, 0.5) is 10.5 Å². The summed E-state index contributed by atoms with van der Waals surface area (Å²) in [6.45, 7) is 3.22. The van der Waals surface area contributed by atoms with E-state index in [0.29, 0.717) is 26.1 Å². The molecule has 6 heteroatoms. The number of amides is 2. The monoisotopic (exact) mass is 342 g/mol. The lowest BCUT2D eigenvalue weighted by atomic mass is 9.94. The fraction of sp³-hybridized carbons (Fsp3) is 0.500. The zero-order valence-corrected chi connectivity index (χ0v) is 13.0. The first kappa shape index (κ1) is 15.3. The first-order valence-corrected chi connectivity index (χ1v) is 7.40. The number of hydrogen-bond acceptors (Lipinski definition) is 3. The van der Waals surface area contributed by atoms with E-state index >= 15 is 0 Å². The molecular formula is C14H19BrN2O3. The molecule has 0 spiro atoms. The van der Waals surface area contributed by atoms with E-state index in [0.717, 1.165) is 15.7 Å². The van der Waals surface area contributed by atoms with Gasteiger partial charge in [0.25, 0.3) is 0 Å². The Labute approximate surface area is 126 Å². The van der Waals surface area contributed by atoms with Crippen molar-refractivity contribution in [2.45, 2.75) is 25.4 Å². The molecule has 20 heavy (non-hydrogen) atoms. The van der Waals surface area contributed by atoms with E-state index in [1.165, 1.54) is 0 Å². The predicted molar refractivity (Wildman–Crippen MR) is 80.9 cm³/mol. The number of carbonyl (C=O) groups is 1. The molecule has 0 aromatic heterocycles. The van der Waals surface area contributed by atoms with Crippen LogP contribution in [0.3, 0.4) is 0 Å². The number of ether oxygens (including phenoxy) is 1. The van der Waals surface area contributed by atoms with Crippen molar-refractivity contribution < 1.29 is 14.6 Å². The minimum Gasteiger partial charge on any atom is -0.388 e. The highest BCUT2D eigenvalue weighted by molar-refractivity contribution is 9.10. The van der Waals surface area contributed by atoms with Crippen LogP contribution in [0.1, 0.15) is 18.4 Å². The topological polar surface area (TPSA) is 70.6 Å². The van der Waals surface area contributed by atoms with Crippen LogP contribution in [0.15, 0.2) is 22.7 Å². The van der Waals surface area contributed by atoms with E-state index in [9.17, 15) is 9.90 Å². The predicted octanol–water partition coefficient (Wildman–Crippen LogP) is 2.42. The molecule has 1 aromatic rings. The molecule has 1 heterocycles. The molecule has 3 N–H and O–H groups in total. The van der Waals surface area contributed by atoms with E-state index in [1.54, 1.807) is 0 Å². The fourth-order valence-electron chi connectivity index (χ4n) is 2.08. The molecule has 2 amide bonds. The Morgan fingerprint density at radius 2 is 2.15 bits per heavy atom. The smallest absolute Gasteiger partial charge is 0.319 e. The molecule has 0 radical (unpaired) electrons. The molecule has 0 atom stereocenters. The number of halogens is 1. The molecule has 0 unspecified atom stereocenters. The van der Waals surface area contributed by atoms with Crippen molar-refractivity contribution in [3.63, 3.8) is 0 Å². The van der Waals surface area contributed by atoms with Crippen LogP contribution in [0, 0.1) is 6.92 Å². The second-order valence-electron chi connectivity index (χ2n) is 5.06. The minimum atomic E-state index is -0.859. The Bertz CT molecular complexity index is 487. The lowest BCUT2D eigenvalue weighted by molar-refractivity contribution is -0.0598. The normalized spacial score (nSPS) is 17.6. The van der Waals surface area contributed by atoms with Gasteiger partial charge in [0.1, 0.15) is 0 Å². The molecular weight excluding hydrogens is 324 g/mol. The summed E-state index contributed by atoms with van der Waals surface area (Å²) in [5.74, 6) is 0. The van der Waals surface area contributed by atoms with E-state index in [1.807, 2.05) is 25.1 Å². The molecule has 0 aliphatic carbocycles. The van der Waals surface area contributed by atoms with Gasteiger partial charge in [-0.15, -0.1) is 0 Å². The summed E-state index contributed by atoms with van der Waals surface area (Å²) in [5, 5.41) is 15.8. The summed E-state index contributed by atoms with van der Waals surface area (Å²) in [7, 11) is 0. The zero-order valence-electron chi connectivity index (χ0n) is 11.4. The summed E-state index contributed by atoms with van der Waals surface area (Å²) in [6, 6.07) is 5.30. The minimum absolute atomic E-state index is 0.231. The van der Waals surface area contributed by atoms with Gasteiger partial charge < -0.3 is 20.5 Å². The van der Waals surface area contributed by atoms with Gasteiger partial charge in [0.05, 0.1) is 5.60 Å². The number of benzene rings is 1. The van der Waals surface area contributed by atoms with Gasteiger partial charge in [0, 0.05) is 42.8 Å². The van der Waals surface area contributed by atoms with Gasteiger partial charge in [-0.1, -0.05) is 22.0 Å². The molecule has 0 bridgehead atoms. The van der Waals surface area contributed by atoms with Crippen LogP contribution < -0.4 is 10.6 Å². The van der Waals surface area contributed by atoms with Crippen molar-refractivity contribution in [1.29, 1.82) is 0 Å². The number of hydrogen-bond donors (Lipinski definition) is 3. The quantitative estimate of drug-likeness (QED) is 0.789. The van der Waals surface area contributed by atoms with Gasteiger partial charge in [0.2, 0.25) is 0 Å². The van der Waals surface area contributed by atoms with E-state index in [2.05, 4.69) is 26.6 Å². The maximum atomic E-state index is 11.9. The number of carbonyl (C=O) groups excluding carboxylic acids is 1. The standard InChI is InChI=1S/C14H19BrN2O3/c1-10-11(15)3-2-4-12(10)17-13(18)16-9-14(19)5-7-20-8-6-14/h2-4,19H,5-9H2,1H3,(H2,16,17,18). The van der Waals surface area contributed by atoms with Gasteiger partial charge in [-0.25, -0.2) is 4.79 Å². The van der Waals surface area contributed by atoms with Crippen molar-refractivity contribution in [2.75, 3.05) is 25.1 Å². The molecule has 1 fully saturated rings. The first-order chi connectivity index (χ1) is 9.50. The van der Waals surface area contributed by atoms with Crippen molar-refractivity contribution >= 4 is 27.6 Å². The van der Waals surface area contributed by atoms with Crippen molar-refractivity contribution in [1.82, 2.24) is 5.32 Å². The van der Waals surface area contributed by atoms with E-state index in [-0.39, 0.29) is 12.6 Å². The van der Waals surface area contributed by atoms with Crippen LogP contribution in [0.25, 0.3) is 0 Å². The van der Waals surface area contributed by atoms with E-state index in [4.69, 9.17) is 4.74 Å². The average molecular weight is 343 g/mol. The maximum Gasteiger partial charge on any atom is 0.319 e. The number of nitrogens with one attached hydrogen (secondary N) is 2. The van der Waals surface area contributed by atoms with Crippen molar-refractivity contribution in [2.24, 2.45) is 0 Å². The third kappa shape index (κ3) is 3.94. The van der Waals surface area contributed by atoms with Gasteiger partial charge in [-0.05, 0) is 24.6 Å². The maximum absolute atomic E-state index is 11.9. The molecule has 1 aliphatic heterocycles. The Balaban J connectivity index is 1.88. The fourth-order valence-corrected chi connectivity index (χ4v) is 2.45. The molecule has 1 aliphatic rings. The van der Waals surface area contributed by atoms with Gasteiger partial charge >= 0.3 is 6.03 Å². The van der Waals surface area contributed by atoms with Gasteiger partial charge in [0.15, 0.2) is 0 Å². The molecule has 5 nitrogen and oxygen atoms in total.